The molecule has 0 aromatic carbocycles. The Kier molecular flexibility index (Phi) is 4.73. The van der Waals surface area contributed by atoms with Gasteiger partial charge < -0.3 is 20.6 Å². The summed E-state index contributed by atoms with van der Waals surface area (Å²) in [5, 5.41) is 12.9. The smallest absolute Gasteiger partial charge is 0.223 e. The van der Waals surface area contributed by atoms with Gasteiger partial charge in [0, 0.05) is 12.6 Å². The monoisotopic (exact) mass is 350 g/mol. The van der Waals surface area contributed by atoms with Gasteiger partial charge in [-0.25, -0.2) is 4.98 Å². The molecule has 1 saturated carbocycles. The van der Waals surface area contributed by atoms with Crippen molar-refractivity contribution in [1.82, 2.24) is 9.97 Å². The normalized spacial score (nSPS) is 23.4. The molecule has 0 aliphatic heterocycles. The van der Waals surface area contributed by atoms with Gasteiger partial charge in [-0.2, -0.15) is 4.98 Å². The van der Waals surface area contributed by atoms with Crippen molar-refractivity contribution < 1.29 is 14.3 Å². The number of aliphatic hydroxyl groups excluding tert-OH is 1. The van der Waals surface area contributed by atoms with Crippen LogP contribution in [0.1, 0.15) is 30.3 Å². The van der Waals surface area contributed by atoms with Crippen LogP contribution in [-0.2, 0) is 0 Å². The molecule has 0 spiro atoms. The highest BCUT2D eigenvalue weighted by atomic mass is 35.5. The van der Waals surface area contributed by atoms with Crippen molar-refractivity contribution in [2.75, 3.05) is 17.7 Å². The van der Waals surface area contributed by atoms with Gasteiger partial charge in [-0.05, 0) is 36.8 Å². The first-order valence-corrected chi connectivity index (χ1v) is 8.15. The number of rotatable bonds is 5. The van der Waals surface area contributed by atoms with Crippen LogP contribution in [0.5, 0.6) is 0 Å². The number of aromatic nitrogens is 2. The number of carbonyl (C=O) groups is 1. The number of hydrogen-bond acceptors (Lipinski definition) is 7. The van der Waals surface area contributed by atoms with Crippen molar-refractivity contribution in [1.29, 1.82) is 0 Å². The highest BCUT2D eigenvalue weighted by Gasteiger charge is 2.32. The van der Waals surface area contributed by atoms with Gasteiger partial charge in [-0.15, -0.1) is 0 Å². The lowest BCUT2D eigenvalue weighted by Gasteiger charge is -2.16. The van der Waals surface area contributed by atoms with Crippen LogP contribution in [-0.4, -0.2) is 34.0 Å². The zero-order valence-corrected chi connectivity index (χ0v) is 14.0. The number of nitrogen functional groups attached to an aromatic ring is 1. The Balaban J connectivity index is 1.93. The number of hydrogen-bond donors (Lipinski definition) is 3. The molecule has 4 N–H and O–H groups in total. The lowest BCUT2D eigenvalue weighted by atomic mass is 10.00. The minimum atomic E-state index is 0.0539. The van der Waals surface area contributed by atoms with E-state index in [1.807, 2.05) is 0 Å². The molecule has 0 radical (unpaired) electrons. The molecular weight excluding hydrogens is 332 g/mol. The van der Waals surface area contributed by atoms with Gasteiger partial charge >= 0.3 is 0 Å². The number of nitrogens with two attached hydrogens (primary N) is 1. The third-order valence-corrected chi connectivity index (χ3v) is 4.77. The van der Waals surface area contributed by atoms with E-state index in [1.54, 1.807) is 12.1 Å². The third kappa shape index (κ3) is 3.22. The van der Waals surface area contributed by atoms with E-state index in [9.17, 15) is 9.90 Å². The maximum absolute atomic E-state index is 10.8. The molecule has 1 aliphatic rings. The van der Waals surface area contributed by atoms with Gasteiger partial charge in [0.05, 0.1) is 5.56 Å². The summed E-state index contributed by atoms with van der Waals surface area (Å²) in [6.07, 6.45) is 2.35. The van der Waals surface area contributed by atoms with Crippen molar-refractivity contribution in [2.45, 2.75) is 25.8 Å². The quantitative estimate of drug-likeness (QED) is 0.560. The van der Waals surface area contributed by atoms with E-state index in [2.05, 4.69) is 22.2 Å². The minimum Gasteiger partial charge on any atom is -0.453 e. The van der Waals surface area contributed by atoms with Crippen molar-refractivity contribution in [3.05, 3.63) is 23.0 Å². The van der Waals surface area contributed by atoms with Crippen LogP contribution in [0.25, 0.3) is 11.3 Å². The van der Waals surface area contributed by atoms with Crippen molar-refractivity contribution in [3.63, 3.8) is 0 Å². The van der Waals surface area contributed by atoms with Crippen molar-refractivity contribution in [3.8, 4) is 11.3 Å². The summed E-state index contributed by atoms with van der Waals surface area (Å²) in [4.78, 5) is 19.1. The van der Waals surface area contributed by atoms with E-state index in [0.29, 0.717) is 29.3 Å². The minimum absolute atomic E-state index is 0.0539. The fourth-order valence-electron chi connectivity index (χ4n) is 3.22. The fourth-order valence-corrected chi connectivity index (χ4v) is 3.49. The van der Waals surface area contributed by atoms with Crippen LogP contribution < -0.4 is 11.1 Å². The molecule has 0 amide bonds. The summed E-state index contributed by atoms with van der Waals surface area (Å²) in [6.45, 7) is 2.29. The van der Waals surface area contributed by atoms with Gasteiger partial charge in [0.15, 0.2) is 12.0 Å². The molecule has 128 valence electrons. The van der Waals surface area contributed by atoms with Crippen LogP contribution in [0.3, 0.4) is 0 Å². The van der Waals surface area contributed by atoms with Gasteiger partial charge in [-0.3, -0.25) is 4.79 Å². The second-order valence-electron chi connectivity index (χ2n) is 6.15. The number of carbonyl (C=O) groups excluding carboxylic acids is 1. The zero-order chi connectivity index (χ0) is 17.3. The molecule has 7 nitrogen and oxygen atoms in total. The van der Waals surface area contributed by atoms with E-state index < -0.39 is 0 Å². The van der Waals surface area contributed by atoms with Crippen LogP contribution in [0.2, 0.25) is 5.15 Å². The lowest BCUT2D eigenvalue weighted by molar-refractivity contribution is 0.110. The average molecular weight is 351 g/mol. The summed E-state index contributed by atoms with van der Waals surface area (Å²) in [7, 11) is 0. The number of halogens is 1. The number of nitrogens with one attached hydrogen (secondary N) is 1. The molecule has 0 unspecified atom stereocenters. The van der Waals surface area contributed by atoms with Gasteiger partial charge in [0.25, 0.3) is 0 Å². The molecule has 3 rings (SSSR count). The Morgan fingerprint density at radius 3 is 2.88 bits per heavy atom. The van der Waals surface area contributed by atoms with Crippen LogP contribution in [0, 0.1) is 11.8 Å². The van der Waals surface area contributed by atoms with Crippen LogP contribution in [0.4, 0.5) is 11.8 Å². The first-order valence-electron chi connectivity index (χ1n) is 7.77. The van der Waals surface area contributed by atoms with Crippen molar-refractivity contribution in [2.24, 2.45) is 11.8 Å². The first kappa shape index (κ1) is 16.7. The highest BCUT2D eigenvalue weighted by molar-refractivity contribution is 6.32. The lowest BCUT2D eigenvalue weighted by Crippen LogP contribution is -2.18. The maximum Gasteiger partial charge on any atom is 0.223 e. The first-order chi connectivity index (χ1) is 11.5. The average Bonchev–Trinajstić information content (AvgIpc) is 3.13. The molecule has 2 aromatic rings. The summed E-state index contributed by atoms with van der Waals surface area (Å²) < 4.78 is 5.45. The van der Waals surface area contributed by atoms with Crippen LogP contribution >= 0.6 is 11.6 Å². The Hall–Kier alpha value is -2.12. The molecule has 3 atom stereocenters. The Morgan fingerprint density at radius 1 is 1.46 bits per heavy atom. The number of anilines is 2. The fraction of sp³-hybridized carbons (Fsp3) is 0.438. The number of aliphatic hydroxyl groups is 1. The largest absolute Gasteiger partial charge is 0.453 e. The highest BCUT2D eigenvalue weighted by Crippen LogP contribution is 2.38. The van der Waals surface area contributed by atoms with Crippen LogP contribution in [0.15, 0.2) is 16.5 Å². The third-order valence-electron chi connectivity index (χ3n) is 4.50. The summed E-state index contributed by atoms with van der Waals surface area (Å²) in [5.41, 5.74) is 6.19. The molecule has 1 fully saturated rings. The Bertz CT molecular complexity index is 749. The molecule has 0 bridgehead atoms. The van der Waals surface area contributed by atoms with Gasteiger partial charge in [-0.1, -0.05) is 18.5 Å². The second-order valence-corrected chi connectivity index (χ2v) is 6.51. The van der Waals surface area contributed by atoms with E-state index >= 15 is 0 Å². The van der Waals surface area contributed by atoms with Gasteiger partial charge in [0.2, 0.25) is 5.95 Å². The summed E-state index contributed by atoms with van der Waals surface area (Å²) >= 11 is 6.23. The van der Waals surface area contributed by atoms with Crippen molar-refractivity contribution >= 4 is 29.7 Å². The van der Waals surface area contributed by atoms with E-state index in [0.717, 1.165) is 12.8 Å². The number of aldehydes is 1. The molecule has 24 heavy (non-hydrogen) atoms. The summed E-state index contributed by atoms with van der Waals surface area (Å²) in [5.74, 6) is 1.78. The Labute approximate surface area is 144 Å². The van der Waals surface area contributed by atoms with Gasteiger partial charge in [0.1, 0.15) is 16.7 Å². The number of furan rings is 1. The summed E-state index contributed by atoms with van der Waals surface area (Å²) in [6, 6.07) is 3.34. The van der Waals surface area contributed by atoms with E-state index in [4.69, 9.17) is 21.8 Å². The SMILES string of the molecule is C[C@H]1C[C@H](Nc2nc(N)nc(Cl)c2-c2ccc(C=O)o2)C[C@@H]1CO. The molecule has 1 aliphatic carbocycles. The second kappa shape index (κ2) is 6.78. The molecular formula is C16H19ClN4O3. The van der Waals surface area contributed by atoms with E-state index in [1.165, 1.54) is 0 Å². The molecule has 8 heteroatoms. The standard InChI is InChI=1S/C16H19ClN4O3/c1-8-4-10(5-9(8)6-22)19-15-13(14(17)20-16(18)21-15)12-3-2-11(7-23)24-12/h2-3,7-10,22H,4-6H2,1H3,(H3,18,19,20,21)/t8-,9+,10-/m0/s1. The molecule has 0 saturated heterocycles. The number of nitrogens with zero attached hydrogens (tertiary/aromatic N) is 2. The molecule has 2 heterocycles. The predicted molar refractivity (Wildman–Crippen MR) is 90.9 cm³/mol. The van der Waals surface area contributed by atoms with E-state index in [-0.39, 0.29) is 35.4 Å². The zero-order valence-electron chi connectivity index (χ0n) is 13.2. The molecule has 2 aromatic heterocycles. The maximum atomic E-state index is 10.8. The Morgan fingerprint density at radius 2 is 2.25 bits per heavy atom. The topological polar surface area (TPSA) is 114 Å². The predicted octanol–water partition coefficient (Wildman–Crippen LogP) is 2.60.